The molecule has 38 heavy (non-hydrogen) atoms. The van der Waals surface area contributed by atoms with Gasteiger partial charge in [0.2, 0.25) is 5.82 Å². The Balaban J connectivity index is 1.71. The van der Waals surface area contributed by atoms with Gasteiger partial charge < -0.3 is 0 Å². The van der Waals surface area contributed by atoms with Gasteiger partial charge in [-0.25, -0.2) is 4.79 Å². The predicted octanol–water partition coefficient (Wildman–Crippen LogP) is 6.34. The smallest absolute Gasteiger partial charge is 0.291 e. The molecule has 0 aliphatic rings. The third kappa shape index (κ3) is 6.06. The van der Waals surface area contributed by atoms with Crippen molar-refractivity contribution in [3.63, 3.8) is 0 Å². The Morgan fingerprint density at radius 3 is 2.29 bits per heavy atom. The van der Waals surface area contributed by atoms with Crippen LogP contribution in [0.2, 0.25) is 0 Å². The number of hydrogen-bond acceptors (Lipinski definition) is 4. The molecular weight excluding hydrogens is 493 g/mol. The van der Waals surface area contributed by atoms with Crippen LogP contribution in [0.1, 0.15) is 63.4 Å². The number of hydrogen-bond donors (Lipinski definition) is 1. The largest absolute Gasteiger partial charge is 0.433 e. The van der Waals surface area contributed by atoms with Crippen LogP contribution in [0.3, 0.4) is 0 Å². The van der Waals surface area contributed by atoms with Gasteiger partial charge in [-0.15, -0.1) is 10.2 Å². The third-order valence-electron chi connectivity index (χ3n) is 6.66. The van der Waals surface area contributed by atoms with E-state index in [0.717, 1.165) is 39.7 Å². The van der Waals surface area contributed by atoms with Crippen LogP contribution < -0.4 is 5.69 Å². The summed E-state index contributed by atoms with van der Waals surface area (Å²) >= 11 is 0. The summed E-state index contributed by atoms with van der Waals surface area (Å²) in [6.45, 7) is 6.06. The first-order valence-electron chi connectivity index (χ1n) is 13.0. The average Bonchev–Trinajstić information content (AvgIpc) is 3.51. The van der Waals surface area contributed by atoms with E-state index < -0.39 is 17.6 Å². The lowest BCUT2D eigenvalue weighted by atomic mass is 9.98. The summed E-state index contributed by atoms with van der Waals surface area (Å²) in [5, 5.41) is 14.2. The second-order valence-corrected chi connectivity index (χ2v) is 9.93. The molecule has 0 amide bonds. The topological polar surface area (TPSA) is 81.4 Å². The number of alkyl halides is 3. The lowest BCUT2D eigenvalue weighted by Crippen LogP contribution is -2.27. The zero-order valence-corrected chi connectivity index (χ0v) is 21.9. The highest BCUT2D eigenvalue weighted by molar-refractivity contribution is 5.80. The van der Waals surface area contributed by atoms with Crippen molar-refractivity contribution in [2.75, 3.05) is 0 Å². The summed E-state index contributed by atoms with van der Waals surface area (Å²) < 4.78 is 45.1. The predicted molar refractivity (Wildman–Crippen MR) is 141 cm³/mol. The maximum atomic E-state index is 14.3. The van der Waals surface area contributed by atoms with Crippen molar-refractivity contribution in [2.45, 2.75) is 72.1 Å². The zero-order valence-electron chi connectivity index (χ0n) is 21.9. The van der Waals surface area contributed by atoms with Gasteiger partial charge in [-0.2, -0.15) is 18.4 Å². The van der Waals surface area contributed by atoms with Crippen LogP contribution >= 0.6 is 0 Å². The summed E-state index contributed by atoms with van der Waals surface area (Å²) in [5.74, 6) is 0.678. The van der Waals surface area contributed by atoms with Crippen molar-refractivity contribution < 1.29 is 13.2 Å². The van der Waals surface area contributed by atoms with Gasteiger partial charge in [-0.1, -0.05) is 82.1 Å². The Morgan fingerprint density at radius 1 is 0.974 bits per heavy atom. The van der Waals surface area contributed by atoms with E-state index in [1.165, 1.54) is 4.57 Å². The molecule has 4 aromatic rings. The Morgan fingerprint density at radius 2 is 1.68 bits per heavy atom. The number of imidazole rings is 1. The van der Waals surface area contributed by atoms with Crippen LogP contribution in [0, 0.1) is 5.92 Å². The first kappa shape index (κ1) is 27.3. The van der Waals surface area contributed by atoms with Gasteiger partial charge in [0.25, 0.3) is 0 Å². The highest BCUT2D eigenvalue weighted by Crippen LogP contribution is 2.34. The molecule has 0 aliphatic heterocycles. The monoisotopic (exact) mass is 526 g/mol. The molecule has 0 fully saturated rings. The normalized spacial score (nSPS) is 12.0. The van der Waals surface area contributed by atoms with Gasteiger partial charge in [0.05, 0.1) is 12.2 Å². The summed E-state index contributed by atoms with van der Waals surface area (Å²) in [7, 11) is 0. The zero-order chi connectivity index (χ0) is 27.3. The molecule has 2 heterocycles. The first-order valence-corrected chi connectivity index (χ1v) is 13.0. The van der Waals surface area contributed by atoms with Gasteiger partial charge in [0.1, 0.15) is 5.69 Å². The Labute approximate surface area is 219 Å². The number of nitrogens with one attached hydrogen (secondary N) is 1. The van der Waals surface area contributed by atoms with Crippen LogP contribution in [-0.4, -0.2) is 29.8 Å². The molecule has 4 rings (SSSR count). The number of tetrazole rings is 1. The van der Waals surface area contributed by atoms with Gasteiger partial charge in [-0.05, 0) is 47.1 Å². The number of benzene rings is 2. The van der Waals surface area contributed by atoms with Gasteiger partial charge >= 0.3 is 11.9 Å². The quantitative estimate of drug-likeness (QED) is 0.231. The minimum atomic E-state index is -4.61. The van der Waals surface area contributed by atoms with Crippen LogP contribution in [-0.2, 0) is 25.7 Å². The van der Waals surface area contributed by atoms with E-state index in [-0.39, 0.29) is 31.1 Å². The van der Waals surface area contributed by atoms with E-state index >= 15 is 0 Å². The molecule has 0 bridgehead atoms. The number of unbranched alkanes of at least 4 members (excludes halogenated alkanes) is 2. The van der Waals surface area contributed by atoms with Crippen molar-refractivity contribution >= 4 is 0 Å². The van der Waals surface area contributed by atoms with Gasteiger partial charge in [0, 0.05) is 12.1 Å². The van der Waals surface area contributed by atoms with E-state index in [1.807, 2.05) is 69.3 Å². The minimum Gasteiger partial charge on any atom is -0.291 e. The highest BCUT2D eigenvalue weighted by atomic mass is 19.4. The van der Waals surface area contributed by atoms with Crippen molar-refractivity contribution in [1.29, 1.82) is 0 Å². The number of aromatic amines is 1. The molecule has 2 aromatic carbocycles. The average molecular weight is 527 g/mol. The second kappa shape index (κ2) is 11.8. The van der Waals surface area contributed by atoms with Gasteiger partial charge in [-0.3, -0.25) is 9.13 Å². The Hall–Kier alpha value is -3.69. The molecule has 2 aromatic heterocycles. The molecule has 202 valence electrons. The lowest BCUT2D eigenvalue weighted by Gasteiger charge is -2.14. The summed E-state index contributed by atoms with van der Waals surface area (Å²) in [6, 6.07) is 15.1. The fraction of sp³-hybridized carbons (Fsp3) is 0.429. The lowest BCUT2D eigenvalue weighted by molar-refractivity contribution is -0.144. The number of aromatic nitrogens is 6. The Kier molecular flexibility index (Phi) is 8.48. The van der Waals surface area contributed by atoms with Crippen molar-refractivity contribution in [1.82, 2.24) is 29.8 Å². The molecule has 0 unspecified atom stereocenters. The molecule has 0 atom stereocenters. The van der Waals surface area contributed by atoms with Crippen molar-refractivity contribution in [2.24, 2.45) is 5.92 Å². The number of rotatable bonds is 11. The molecule has 0 spiro atoms. The minimum absolute atomic E-state index is 0.0645. The molecule has 10 heteroatoms. The van der Waals surface area contributed by atoms with Crippen LogP contribution in [0.4, 0.5) is 13.2 Å². The fourth-order valence-electron chi connectivity index (χ4n) is 4.70. The fourth-order valence-corrected chi connectivity index (χ4v) is 4.70. The molecule has 0 radical (unpaired) electrons. The maximum Gasteiger partial charge on any atom is 0.433 e. The Bertz CT molecular complexity index is 1390. The molecule has 7 nitrogen and oxygen atoms in total. The summed E-state index contributed by atoms with van der Waals surface area (Å²) in [5.41, 5.74) is 2.02. The summed E-state index contributed by atoms with van der Waals surface area (Å²) in [4.78, 5) is 13.4. The van der Waals surface area contributed by atoms with Gasteiger partial charge in [0.15, 0.2) is 0 Å². The van der Waals surface area contributed by atoms with Crippen LogP contribution in [0.15, 0.2) is 53.3 Å². The van der Waals surface area contributed by atoms with E-state index in [1.54, 1.807) is 0 Å². The van der Waals surface area contributed by atoms with Crippen molar-refractivity contribution in [3.05, 3.63) is 76.0 Å². The van der Waals surface area contributed by atoms with Crippen LogP contribution in [0.5, 0.6) is 0 Å². The van der Waals surface area contributed by atoms with E-state index in [2.05, 4.69) is 20.6 Å². The first-order chi connectivity index (χ1) is 18.2. The second-order valence-electron chi connectivity index (χ2n) is 9.93. The highest BCUT2D eigenvalue weighted by Gasteiger charge is 2.40. The standard InChI is InChI=1S/C28H33F3N6O/c1-4-5-8-17-36-25(28(29,30)31)24(16-11-19(2)3)37(27(36)38)18-20-12-14-21(15-13-20)22-9-6-7-10-23(22)26-32-34-35-33-26/h6-7,9-10,12-15,19H,4-5,8,11,16-18H2,1-3H3,(H,32,33,34,35). The third-order valence-corrected chi connectivity index (χ3v) is 6.66. The SMILES string of the molecule is CCCCCn1c(C(F)(F)F)c(CCC(C)C)n(Cc2ccc(-c3ccccc3-c3nn[nH]n3)cc2)c1=O. The van der Waals surface area contributed by atoms with Crippen LogP contribution in [0.25, 0.3) is 22.5 Å². The van der Waals surface area contributed by atoms with E-state index in [0.29, 0.717) is 18.7 Å². The van der Waals surface area contributed by atoms with E-state index in [9.17, 15) is 18.0 Å². The van der Waals surface area contributed by atoms with Crippen molar-refractivity contribution in [3.8, 4) is 22.5 Å². The van der Waals surface area contributed by atoms with E-state index in [4.69, 9.17) is 0 Å². The summed E-state index contributed by atoms with van der Waals surface area (Å²) in [6.07, 6.45) is -1.69. The number of nitrogens with zero attached hydrogens (tertiary/aromatic N) is 5. The molecule has 0 saturated heterocycles. The maximum absolute atomic E-state index is 14.3. The molecular formula is C28H33F3N6O. The number of halogens is 3. The molecule has 0 saturated carbocycles. The molecule has 1 N–H and O–H groups in total. The molecule has 0 aliphatic carbocycles. The number of H-pyrrole nitrogens is 1.